The molecule has 0 radical (unpaired) electrons. The van der Waals surface area contributed by atoms with Gasteiger partial charge in [0.05, 0.1) is 0 Å². The van der Waals surface area contributed by atoms with Crippen LogP contribution in [0.5, 0.6) is 0 Å². The minimum Gasteiger partial charge on any atom is -0.0683 e. The van der Waals surface area contributed by atoms with Gasteiger partial charge in [0.1, 0.15) is 0 Å². The minimum atomic E-state index is 1.06. The molecular formula is C14H34. The topological polar surface area (TPSA) is 0 Å². The van der Waals surface area contributed by atoms with Gasteiger partial charge in [-0.05, 0) is 5.92 Å². The molecular weight excluding hydrogens is 168 g/mol. The highest BCUT2D eigenvalue weighted by molar-refractivity contribution is 4.62. The predicted octanol–water partition coefficient (Wildman–Crippen LogP) is 6.06. The Labute approximate surface area is 93.5 Å². The maximum absolute atomic E-state index is 2.31. The Kier molecular flexibility index (Phi) is 32.3. The number of rotatable bonds is 1. The second-order valence-electron chi connectivity index (χ2n) is 3.74. The van der Waals surface area contributed by atoms with Crippen molar-refractivity contribution in [3.8, 4) is 0 Å². The van der Waals surface area contributed by atoms with Gasteiger partial charge in [-0.25, -0.2) is 0 Å². The maximum Gasteiger partial charge on any atom is -0.0443 e. The summed E-state index contributed by atoms with van der Waals surface area (Å²) in [4.78, 5) is 0. The molecule has 0 aliphatic heterocycles. The molecule has 0 aromatic heterocycles. The lowest BCUT2D eigenvalue weighted by Gasteiger charge is -2.18. The molecule has 1 aliphatic carbocycles. The van der Waals surface area contributed by atoms with Crippen LogP contribution in [0.25, 0.3) is 0 Å². The maximum atomic E-state index is 2.31. The van der Waals surface area contributed by atoms with Gasteiger partial charge in [-0.3, -0.25) is 0 Å². The summed E-state index contributed by atoms with van der Waals surface area (Å²) in [5, 5.41) is 0. The Balaban J connectivity index is -0.000000123. The fraction of sp³-hybridized carbons (Fsp3) is 1.00. The Hall–Kier alpha value is 0. The van der Waals surface area contributed by atoms with Gasteiger partial charge in [0.2, 0.25) is 0 Å². The van der Waals surface area contributed by atoms with E-state index in [1.807, 2.05) is 13.8 Å². The first-order valence-electron chi connectivity index (χ1n) is 6.72. The first kappa shape index (κ1) is 19.6. The van der Waals surface area contributed by atoms with E-state index in [2.05, 4.69) is 34.6 Å². The highest BCUT2D eigenvalue weighted by Crippen LogP contribution is 2.24. The zero-order valence-electron chi connectivity index (χ0n) is 11.8. The van der Waals surface area contributed by atoms with Gasteiger partial charge in [-0.15, -0.1) is 0 Å². The number of hydrogen-bond acceptors (Lipinski definition) is 0. The monoisotopic (exact) mass is 202 g/mol. The van der Waals surface area contributed by atoms with Crippen LogP contribution in [0.4, 0.5) is 0 Å². The molecule has 0 heterocycles. The van der Waals surface area contributed by atoms with E-state index >= 15 is 0 Å². The van der Waals surface area contributed by atoms with Gasteiger partial charge in [0.15, 0.2) is 0 Å². The molecule has 0 aromatic carbocycles. The van der Waals surface area contributed by atoms with Crippen LogP contribution >= 0.6 is 0 Å². The lowest BCUT2D eigenvalue weighted by Crippen LogP contribution is -2.04. The van der Waals surface area contributed by atoms with Gasteiger partial charge in [0.25, 0.3) is 0 Å². The van der Waals surface area contributed by atoms with Crippen molar-refractivity contribution >= 4 is 0 Å². The van der Waals surface area contributed by atoms with Gasteiger partial charge in [0, 0.05) is 0 Å². The van der Waals surface area contributed by atoms with Crippen molar-refractivity contribution in [3.63, 3.8) is 0 Å². The Morgan fingerprint density at radius 2 is 1.07 bits per heavy atom. The minimum absolute atomic E-state index is 1.06. The standard InChI is InChI=1S/C5H10.C4H10.C3H8.C2H6/c1-5-3-2-4-5;1-3-4-2;1-3-2;1-2/h5H,2-4H2,1H3;3-4H2,1-2H3;3H2,1-2H3;1-2H3. The van der Waals surface area contributed by atoms with E-state index in [0.29, 0.717) is 0 Å². The first-order chi connectivity index (χ1) is 6.72. The fourth-order valence-electron chi connectivity index (χ4n) is 0.612. The summed E-state index contributed by atoms with van der Waals surface area (Å²) in [6, 6.07) is 0. The quantitative estimate of drug-likeness (QED) is 0.485. The van der Waals surface area contributed by atoms with E-state index in [4.69, 9.17) is 0 Å². The van der Waals surface area contributed by atoms with E-state index in [1.165, 1.54) is 38.5 Å². The van der Waals surface area contributed by atoms with E-state index < -0.39 is 0 Å². The van der Waals surface area contributed by atoms with Crippen molar-refractivity contribution in [3.05, 3.63) is 0 Å². The van der Waals surface area contributed by atoms with Gasteiger partial charge < -0.3 is 0 Å². The summed E-state index contributed by atoms with van der Waals surface area (Å²) in [7, 11) is 0. The normalized spacial score (nSPS) is 13.1. The Bertz CT molecular complexity index is 51.1. The van der Waals surface area contributed by atoms with Crippen molar-refractivity contribution < 1.29 is 0 Å². The van der Waals surface area contributed by atoms with Crippen molar-refractivity contribution in [2.45, 2.75) is 87.0 Å². The van der Waals surface area contributed by atoms with Crippen molar-refractivity contribution in [1.29, 1.82) is 0 Å². The van der Waals surface area contributed by atoms with Gasteiger partial charge >= 0.3 is 0 Å². The Morgan fingerprint density at radius 3 is 1.07 bits per heavy atom. The molecule has 90 valence electrons. The SMILES string of the molecule is CC.CC1CCC1.CCC.CCCC. The molecule has 0 amide bonds. The molecule has 1 fully saturated rings. The average Bonchev–Trinajstić information content (AvgIpc) is 2.19. The lowest BCUT2D eigenvalue weighted by molar-refractivity contribution is 0.346. The Morgan fingerprint density at radius 1 is 0.857 bits per heavy atom. The van der Waals surface area contributed by atoms with Crippen LogP contribution < -0.4 is 0 Å². The second kappa shape index (κ2) is 23.1. The third-order valence-electron chi connectivity index (χ3n) is 1.89. The third kappa shape index (κ3) is 29.6. The molecule has 0 saturated heterocycles. The van der Waals surface area contributed by atoms with Crippen molar-refractivity contribution in [2.75, 3.05) is 0 Å². The molecule has 0 aromatic rings. The van der Waals surface area contributed by atoms with Crippen LogP contribution in [0.3, 0.4) is 0 Å². The van der Waals surface area contributed by atoms with Gasteiger partial charge in [-0.2, -0.15) is 0 Å². The number of hydrogen-bond donors (Lipinski definition) is 0. The molecule has 0 bridgehead atoms. The van der Waals surface area contributed by atoms with Crippen LogP contribution in [0.1, 0.15) is 87.0 Å². The van der Waals surface area contributed by atoms with Crippen molar-refractivity contribution in [2.24, 2.45) is 5.92 Å². The van der Waals surface area contributed by atoms with Crippen molar-refractivity contribution in [1.82, 2.24) is 0 Å². The summed E-state index contributed by atoms with van der Waals surface area (Å²) in [5.41, 5.74) is 0. The van der Waals surface area contributed by atoms with E-state index in [0.717, 1.165) is 5.92 Å². The summed E-state index contributed by atoms with van der Waals surface area (Å²) < 4.78 is 0. The van der Waals surface area contributed by atoms with Crippen LogP contribution in [0, 0.1) is 5.92 Å². The smallest absolute Gasteiger partial charge is 0.0443 e. The molecule has 0 spiro atoms. The average molecular weight is 202 g/mol. The summed E-state index contributed by atoms with van der Waals surface area (Å²) in [5.74, 6) is 1.06. The molecule has 0 heteroatoms. The van der Waals surface area contributed by atoms with E-state index in [1.54, 1.807) is 0 Å². The summed E-state index contributed by atoms with van der Waals surface area (Å²) in [6.45, 7) is 14.9. The molecule has 1 rings (SSSR count). The number of unbranched alkanes of at least 4 members (excludes halogenated alkanes) is 1. The second-order valence-corrected chi connectivity index (χ2v) is 3.74. The summed E-state index contributed by atoms with van der Waals surface area (Å²) in [6.07, 6.45) is 8.35. The lowest BCUT2D eigenvalue weighted by atomic mass is 9.88. The fourth-order valence-corrected chi connectivity index (χ4v) is 0.612. The molecule has 0 atom stereocenters. The van der Waals surface area contributed by atoms with Crippen LogP contribution in [0.2, 0.25) is 0 Å². The summed E-state index contributed by atoms with van der Waals surface area (Å²) >= 11 is 0. The highest BCUT2D eigenvalue weighted by Gasteiger charge is 2.09. The van der Waals surface area contributed by atoms with Gasteiger partial charge in [-0.1, -0.05) is 87.0 Å². The first-order valence-corrected chi connectivity index (χ1v) is 6.72. The molecule has 0 unspecified atom stereocenters. The molecule has 0 N–H and O–H groups in total. The molecule has 14 heavy (non-hydrogen) atoms. The molecule has 1 aliphatic rings. The third-order valence-corrected chi connectivity index (χ3v) is 1.89. The van der Waals surface area contributed by atoms with E-state index in [9.17, 15) is 0 Å². The van der Waals surface area contributed by atoms with E-state index in [-0.39, 0.29) is 0 Å². The molecule has 0 nitrogen and oxygen atoms in total. The molecule has 1 saturated carbocycles. The highest BCUT2D eigenvalue weighted by atomic mass is 14.1. The zero-order chi connectivity index (χ0) is 11.8. The van der Waals surface area contributed by atoms with Crippen LogP contribution in [0.15, 0.2) is 0 Å². The van der Waals surface area contributed by atoms with Crippen LogP contribution in [-0.4, -0.2) is 0 Å². The largest absolute Gasteiger partial charge is 0.0683 e. The zero-order valence-corrected chi connectivity index (χ0v) is 11.8. The predicted molar refractivity (Wildman–Crippen MR) is 70.9 cm³/mol. The van der Waals surface area contributed by atoms with Crippen LogP contribution in [-0.2, 0) is 0 Å².